The van der Waals surface area contributed by atoms with Gasteiger partial charge in [-0.25, -0.2) is 23.1 Å². The third-order valence-electron chi connectivity index (χ3n) is 10.7. The number of aliphatic hydroxyl groups is 1. The molecule has 0 radical (unpaired) electrons. The van der Waals surface area contributed by atoms with E-state index in [4.69, 9.17) is 26.6 Å². The Kier molecular flexibility index (Phi) is 8.23. The number of aromatic nitrogens is 4. The number of nitrogens with zero attached hydrogens (tertiary/aromatic N) is 6. The van der Waals surface area contributed by atoms with E-state index in [2.05, 4.69) is 25.8 Å². The number of nitrogens with two attached hydrogens (primary N) is 1. The third-order valence-corrected chi connectivity index (χ3v) is 10.7. The van der Waals surface area contributed by atoms with Crippen molar-refractivity contribution in [1.82, 2.24) is 24.8 Å². The number of alkyl halides is 1. The number of hydrogen-bond acceptors (Lipinski definition) is 11. The largest absolute Gasteiger partial charge is 0.508 e. The zero-order valence-corrected chi connectivity index (χ0v) is 28.5. The minimum atomic E-state index is -1.00. The van der Waals surface area contributed by atoms with Crippen molar-refractivity contribution >= 4 is 33.3 Å². The Morgan fingerprint density at radius 2 is 2.00 bits per heavy atom. The summed E-state index contributed by atoms with van der Waals surface area (Å²) in [5, 5.41) is 22.5. The number of aromatic hydroxyl groups is 1. The highest BCUT2D eigenvalue weighted by Gasteiger charge is 2.49. The van der Waals surface area contributed by atoms with Crippen LogP contribution in [0.2, 0.25) is 0 Å². The molecule has 0 aliphatic carbocycles. The van der Waals surface area contributed by atoms with Crippen molar-refractivity contribution in [3.05, 3.63) is 65.4 Å². The van der Waals surface area contributed by atoms with Crippen LogP contribution in [0, 0.1) is 24.0 Å². The van der Waals surface area contributed by atoms with Crippen molar-refractivity contribution in [2.75, 3.05) is 36.9 Å². The maximum atomic E-state index is 17.3. The minimum absolute atomic E-state index is 0.00874. The summed E-state index contributed by atoms with van der Waals surface area (Å²) in [4.78, 5) is 22.1. The van der Waals surface area contributed by atoms with Crippen LogP contribution in [0.4, 0.5) is 24.8 Å². The molecule has 5 atom stereocenters. The lowest BCUT2D eigenvalue weighted by Crippen LogP contribution is -2.47. The second-order valence-corrected chi connectivity index (χ2v) is 13.8. The molecule has 0 saturated carbocycles. The first-order valence-corrected chi connectivity index (χ1v) is 17.1. The number of benzene rings is 2. The van der Waals surface area contributed by atoms with Gasteiger partial charge in [-0.05, 0) is 62.9 Å². The van der Waals surface area contributed by atoms with Crippen molar-refractivity contribution in [2.24, 2.45) is 0 Å². The van der Waals surface area contributed by atoms with Gasteiger partial charge in [-0.3, -0.25) is 4.90 Å². The zero-order valence-electron chi connectivity index (χ0n) is 28.5. The topological polar surface area (TPSA) is 143 Å². The molecule has 0 bridgehead atoms. The molecule has 3 aliphatic rings. The van der Waals surface area contributed by atoms with Gasteiger partial charge in [0.15, 0.2) is 5.82 Å². The van der Waals surface area contributed by atoms with Crippen LogP contribution < -0.4 is 20.1 Å². The van der Waals surface area contributed by atoms with Gasteiger partial charge in [0.05, 0.1) is 29.3 Å². The van der Waals surface area contributed by atoms with Crippen molar-refractivity contribution < 1.29 is 32.9 Å². The average Bonchev–Trinajstić information content (AvgIpc) is 3.59. The summed E-state index contributed by atoms with van der Waals surface area (Å²) < 4.78 is 59.6. The normalized spacial score (nSPS) is 22.5. The molecule has 2 aromatic carbocycles. The number of terminal acetylenes is 1. The van der Waals surface area contributed by atoms with Gasteiger partial charge in [-0.1, -0.05) is 18.1 Å². The maximum Gasteiger partial charge on any atom is 0.319 e. The monoisotopic (exact) mass is 711 g/mol. The van der Waals surface area contributed by atoms with E-state index in [0.717, 1.165) is 19.4 Å². The molecule has 5 aromatic rings. The summed E-state index contributed by atoms with van der Waals surface area (Å²) in [6, 6.07) is 7.24. The number of phenolic OH excluding ortho intramolecular Hbond substituents is 1. The quantitative estimate of drug-likeness (QED) is 0.186. The van der Waals surface area contributed by atoms with Gasteiger partial charge in [0, 0.05) is 35.7 Å². The van der Waals surface area contributed by atoms with E-state index in [9.17, 15) is 14.6 Å². The zero-order chi connectivity index (χ0) is 36.5. The van der Waals surface area contributed by atoms with Gasteiger partial charge in [0.25, 0.3) is 0 Å². The molecular weight excluding hydrogens is 675 g/mol. The number of nitrogen functional groups attached to an aromatic ring is 1. The van der Waals surface area contributed by atoms with Crippen molar-refractivity contribution in [3.8, 4) is 41.2 Å². The maximum absolute atomic E-state index is 17.3. The highest BCUT2D eigenvalue weighted by Crippen LogP contribution is 2.46. The van der Waals surface area contributed by atoms with Crippen LogP contribution >= 0.6 is 0 Å². The van der Waals surface area contributed by atoms with E-state index < -0.39 is 41.5 Å². The molecule has 14 heteroatoms. The second-order valence-electron chi connectivity index (χ2n) is 13.8. The molecule has 0 spiro atoms. The summed E-state index contributed by atoms with van der Waals surface area (Å²) in [5.41, 5.74) is 5.70. The number of pyridine rings is 2. The van der Waals surface area contributed by atoms with Crippen molar-refractivity contribution in [3.63, 3.8) is 0 Å². The fourth-order valence-corrected chi connectivity index (χ4v) is 8.22. The van der Waals surface area contributed by atoms with Crippen molar-refractivity contribution in [2.45, 2.75) is 63.0 Å². The number of rotatable bonds is 7. The second kappa shape index (κ2) is 12.7. The first kappa shape index (κ1) is 33.7. The molecule has 2 fully saturated rings. The van der Waals surface area contributed by atoms with Gasteiger partial charge in [0.2, 0.25) is 5.88 Å². The van der Waals surface area contributed by atoms with Gasteiger partial charge in [-0.15, -0.1) is 6.42 Å². The molecule has 268 valence electrons. The molecule has 4 N–H and O–H groups in total. The Bertz CT molecular complexity index is 2280. The summed E-state index contributed by atoms with van der Waals surface area (Å²) >= 11 is 0. The van der Waals surface area contributed by atoms with Crippen molar-refractivity contribution in [1.29, 1.82) is 0 Å². The number of phenols is 1. The molecule has 52 heavy (non-hydrogen) atoms. The van der Waals surface area contributed by atoms with Gasteiger partial charge in [-0.2, -0.15) is 9.97 Å². The molecule has 8 rings (SSSR count). The summed E-state index contributed by atoms with van der Waals surface area (Å²) in [5.74, 6) is 0.800. The molecule has 6 heterocycles. The Hall–Kier alpha value is -5.39. The molecule has 2 saturated heterocycles. The Morgan fingerprint density at radius 1 is 1.17 bits per heavy atom. The summed E-state index contributed by atoms with van der Waals surface area (Å²) in [7, 11) is 0. The molecule has 0 amide bonds. The Morgan fingerprint density at radius 3 is 2.77 bits per heavy atom. The van der Waals surface area contributed by atoms with Crippen LogP contribution in [0.25, 0.3) is 32.9 Å². The lowest BCUT2D eigenvalue weighted by Gasteiger charge is -2.38. The van der Waals surface area contributed by atoms with Gasteiger partial charge < -0.3 is 30.3 Å². The first-order chi connectivity index (χ1) is 25.0. The van der Waals surface area contributed by atoms with E-state index in [1.807, 2.05) is 6.92 Å². The van der Waals surface area contributed by atoms with E-state index in [0.29, 0.717) is 23.9 Å². The molecule has 3 aromatic heterocycles. The lowest BCUT2D eigenvalue weighted by molar-refractivity contribution is 0.107. The SMILES string of the molecule is C#Cc1c(F)ccc2cc(O)cc(-c3nc4c5c(nc(OC[C@@]67CCCN6C[C@H](F)C7)nc5c3F)N([C@H](C)c3cccnc3N)[C@@H](C(C)O)CO4)c12. The number of fused-ring (bicyclic) bond motifs is 2. The molecular formula is C38H36F3N7O4. The fraction of sp³-hybridized carbons (Fsp3) is 0.368. The molecule has 1 unspecified atom stereocenters. The van der Waals surface area contributed by atoms with Gasteiger partial charge >= 0.3 is 6.01 Å². The molecule has 3 aliphatic heterocycles. The number of hydrogen-bond donors (Lipinski definition) is 3. The first-order valence-electron chi connectivity index (χ1n) is 17.1. The predicted molar refractivity (Wildman–Crippen MR) is 189 cm³/mol. The van der Waals surface area contributed by atoms with E-state index in [1.54, 1.807) is 30.2 Å². The van der Waals surface area contributed by atoms with Crippen LogP contribution in [0.5, 0.6) is 17.6 Å². The lowest BCUT2D eigenvalue weighted by atomic mass is 9.95. The van der Waals surface area contributed by atoms with Crippen LogP contribution in [0.1, 0.15) is 50.3 Å². The fourth-order valence-electron chi connectivity index (χ4n) is 8.22. The Balaban J connectivity index is 1.38. The summed E-state index contributed by atoms with van der Waals surface area (Å²) in [6.45, 7) is 4.44. The highest BCUT2D eigenvalue weighted by molar-refractivity contribution is 6.04. The van der Waals surface area contributed by atoms with E-state index >= 15 is 8.78 Å². The minimum Gasteiger partial charge on any atom is -0.508 e. The van der Waals surface area contributed by atoms with Gasteiger partial charge in [0.1, 0.15) is 59.2 Å². The molecule has 11 nitrogen and oxygen atoms in total. The van der Waals surface area contributed by atoms with Crippen LogP contribution in [-0.2, 0) is 0 Å². The number of aliphatic hydroxyl groups excluding tert-OH is 1. The van der Waals surface area contributed by atoms with Crippen LogP contribution in [-0.4, -0.2) is 85.2 Å². The standard InChI is InChI=1S/C38H36F3N7O4/c1-4-24-27(40)9-8-21-13-23(50)14-26(29(21)24)32-31(41)33-30-35(46-37(45-33)52-18-38-10-6-12-47(38)16-22(39)15-38)48(19(2)25-7-5-11-43-34(25)42)28(20(3)49)17-51-36(30)44-32/h1,5,7-9,11,13-14,19-20,22,28,49-50H,6,10,12,15-18H2,2-3H3,(H2,42,43)/t19-,20?,22-,28-,38+/m1/s1. The number of anilines is 2. The van der Waals surface area contributed by atoms with E-state index in [1.165, 1.54) is 24.3 Å². The Labute approximate surface area is 297 Å². The highest BCUT2D eigenvalue weighted by atomic mass is 19.1. The number of ether oxygens (including phenoxy) is 2. The smallest absolute Gasteiger partial charge is 0.319 e. The average molecular weight is 712 g/mol. The van der Waals surface area contributed by atoms with Crippen LogP contribution in [0.15, 0.2) is 42.6 Å². The van der Waals surface area contributed by atoms with E-state index in [-0.39, 0.29) is 75.6 Å². The van der Waals surface area contributed by atoms with Crippen LogP contribution in [0.3, 0.4) is 0 Å². The predicted octanol–water partition coefficient (Wildman–Crippen LogP) is 5.45. The number of halogens is 3. The third kappa shape index (κ3) is 5.38. The summed E-state index contributed by atoms with van der Waals surface area (Å²) in [6.07, 6.45) is 7.19.